The molecule has 4 nitrogen and oxygen atoms in total. The van der Waals surface area contributed by atoms with Crippen LogP contribution in [0.1, 0.15) is 12.7 Å². The van der Waals surface area contributed by atoms with Gasteiger partial charge in [-0.15, -0.1) is 0 Å². The lowest BCUT2D eigenvalue weighted by atomic mass is 9.81. The number of aryl methyl sites for hydroxylation is 1. The van der Waals surface area contributed by atoms with E-state index < -0.39 is 0 Å². The summed E-state index contributed by atoms with van der Waals surface area (Å²) in [5.41, 5.74) is 0.404. The third-order valence-corrected chi connectivity index (χ3v) is 2.49. The maximum atomic E-state index is 4.21. The van der Waals surface area contributed by atoms with E-state index in [0.717, 1.165) is 25.3 Å². The molecule has 12 heavy (non-hydrogen) atoms. The maximum absolute atomic E-state index is 4.21. The van der Waals surface area contributed by atoms with Gasteiger partial charge in [-0.05, 0) is 5.41 Å². The Morgan fingerprint density at radius 2 is 2.42 bits per heavy atom. The van der Waals surface area contributed by atoms with Gasteiger partial charge in [-0.1, -0.05) is 6.92 Å². The van der Waals surface area contributed by atoms with Gasteiger partial charge in [-0.25, -0.2) is 4.98 Å². The number of nitrogens with one attached hydrogen (secondary N) is 1. The minimum atomic E-state index is 0.404. The van der Waals surface area contributed by atoms with Crippen molar-refractivity contribution in [3.63, 3.8) is 0 Å². The van der Waals surface area contributed by atoms with E-state index in [9.17, 15) is 0 Å². The lowest BCUT2D eigenvalue weighted by Gasteiger charge is -2.38. The maximum Gasteiger partial charge on any atom is 0.138 e. The Bertz CT molecular complexity index is 274. The quantitative estimate of drug-likeness (QED) is 0.670. The largest absolute Gasteiger partial charge is 0.316 e. The van der Waals surface area contributed by atoms with Crippen molar-refractivity contribution < 1.29 is 0 Å². The van der Waals surface area contributed by atoms with Crippen molar-refractivity contribution in [2.24, 2.45) is 12.5 Å². The number of hydrogen-bond acceptors (Lipinski definition) is 3. The van der Waals surface area contributed by atoms with Crippen LogP contribution in [0.15, 0.2) is 6.33 Å². The fourth-order valence-electron chi connectivity index (χ4n) is 1.54. The van der Waals surface area contributed by atoms with Crippen molar-refractivity contribution in [1.82, 2.24) is 20.1 Å². The first kappa shape index (κ1) is 7.73. The Morgan fingerprint density at radius 3 is 2.83 bits per heavy atom. The summed E-state index contributed by atoms with van der Waals surface area (Å²) in [5.74, 6) is 1.08. The molecular weight excluding hydrogens is 152 g/mol. The predicted molar refractivity (Wildman–Crippen MR) is 45.7 cm³/mol. The van der Waals surface area contributed by atoms with E-state index in [-0.39, 0.29) is 0 Å². The molecular formula is C8H14N4. The molecule has 0 aromatic carbocycles. The average molecular weight is 166 g/mol. The van der Waals surface area contributed by atoms with Crippen molar-refractivity contribution in [3.8, 4) is 0 Å². The highest BCUT2D eigenvalue weighted by molar-refractivity contribution is 4.98. The monoisotopic (exact) mass is 166 g/mol. The van der Waals surface area contributed by atoms with Gasteiger partial charge in [-0.2, -0.15) is 5.10 Å². The number of rotatable bonds is 2. The highest BCUT2D eigenvalue weighted by Gasteiger charge is 2.32. The van der Waals surface area contributed by atoms with Gasteiger partial charge in [0.2, 0.25) is 0 Å². The van der Waals surface area contributed by atoms with Gasteiger partial charge in [0, 0.05) is 26.6 Å². The smallest absolute Gasteiger partial charge is 0.138 e. The second kappa shape index (κ2) is 2.55. The molecule has 1 aromatic rings. The van der Waals surface area contributed by atoms with Gasteiger partial charge in [-0.3, -0.25) is 4.68 Å². The summed E-state index contributed by atoms with van der Waals surface area (Å²) in [6, 6.07) is 0. The SMILES string of the molecule is Cn1ncnc1CC1(C)CNC1. The molecule has 4 heteroatoms. The van der Waals surface area contributed by atoms with Crippen LogP contribution in [-0.4, -0.2) is 27.9 Å². The molecule has 0 saturated carbocycles. The van der Waals surface area contributed by atoms with Crippen LogP contribution >= 0.6 is 0 Å². The van der Waals surface area contributed by atoms with Gasteiger partial charge < -0.3 is 5.32 Å². The summed E-state index contributed by atoms with van der Waals surface area (Å²) >= 11 is 0. The van der Waals surface area contributed by atoms with Crippen LogP contribution in [0.2, 0.25) is 0 Å². The van der Waals surface area contributed by atoms with Gasteiger partial charge >= 0.3 is 0 Å². The summed E-state index contributed by atoms with van der Waals surface area (Å²) in [7, 11) is 1.94. The molecule has 1 N–H and O–H groups in total. The van der Waals surface area contributed by atoms with Crippen LogP contribution < -0.4 is 5.32 Å². The molecule has 1 aliphatic rings. The second-order valence-electron chi connectivity index (χ2n) is 3.89. The highest BCUT2D eigenvalue weighted by Crippen LogP contribution is 2.25. The first-order chi connectivity index (χ1) is 5.70. The average Bonchev–Trinajstić information content (AvgIpc) is 2.34. The van der Waals surface area contributed by atoms with Crippen LogP contribution in [0.3, 0.4) is 0 Å². The van der Waals surface area contributed by atoms with Crippen LogP contribution in [0.5, 0.6) is 0 Å². The van der Waals surface area contributed by atoms with Gasteiger partial charge in [0.15, 0.2) is 0 Å². The lowest BCUT2D eigenvalue weighted by Crippen LogP contribution is -2.52. The third kappa shape index (κ3) is 1.22. The van der Waals surface area contributed by atoms with Crippen LogP contribution in [-0.2, 0) is 13.5 Å². The van der Waals surface area contributed by atoms with Crippen molar-refractivity contribution in [2.45, 2.75) is 13.3 Å². The first-order valence-corrected chi connectivity index (χ1v) is 4.23. The summed E-state index contributed by atoms with van der Waals surface area (Å²) < 4.78 is 1.85. The standard InChI is InChI=1S/C8H14N4/c1-8(4-9-5-8)3-7-10-6-11-12(7)2/h6,9H,3-5H2,1-2H3. The zero-order chi connectivity index (χ0) is 8.60. The molecule has 1 fully saturated rings. The Kier molecular flexibility index (Phi) is 1.65. The van der Waals surface area contributed by atoms with Gasteiger partial charge in [0.1, 0.15) is 12.2 Å². The van der Waals surface area contributed by atoms with E-state index in [1.54, 1.807) is 6.33 Å². The Hall–Kier alpha value is -0.900. The van der Waals surface area contributed by atoms with E-state index in [1.165, 1.54) is 0 Å². The summed E-state index contributed by atoms with van der Waals surface area (Å²) in [6.07, 6.45) is 2.64. The highest BCUT2D eigenvalue weighted by atomic mass is 15.3. The Labute approximate surface area is 72.0 Å². The summed E-state index contributed by atoms with van der Waals surface area (Å²) in [6.45, 7) is 4.47. The number of hydrogen-bond donors (Lipinski definition) is 1. The molecule has 0 amide bonds. The van der Waals surface area contributed by atoms with E-state index in [4.69, 9.17) is 0 Å². The molecule has 0 atom stereocenters. The van der Waals surface area contributed by atoms with E-state index >= 15 is 0 Å². The lowest BCUT2D eigenvalue weighted by molar-refractivity contribution is 0.189. The van der Waals surface area contributed by atoms with E-state index in [1.807, 2.05) is 11.7 Å². The van der Waals surface area contributed by atoms with Gasteiger partial charge in [0.05, 0.1) is 0 Å². The number of aromatic nitrogens is 3. The van der Waals surface area contributed by atoms with Crippen molar-refractivity contribution in [1.29, 1.82) is 0 Å². The first-order valence-electron chi connectivity index (χ1n) is 4.23. The van der Waals surface area contributed by atoms with Crippen molar-refractivity contribution >= 4 is 0 Å². The molecule has 0 aliphatic carbocycles. The molecule has 0 radical (unpaired) electrons. The van der Waals surface area contributed by atoms with Crippen LogP contribution in [0.4, 0.5) is 0 Å². The van der Waals surface area contributed by atoms with E-state index in [0.29, 0.717) is 5.41 Å². The third-order valence-electron chi connectivity index (χ3n) is 2.49. The molecule has 0 spiro atoms. The summed E-state index contributed by atoms with van der Waals surface area (Å²) in [5, 5.41) is 7.32. The molecule has 0 bridgehead atoms. The normalized spacial score (nSPS) is 20.5. The van der Waals surface area contributed by atoms with Gasteiger partial charge in [0.25, 0.3) is 0 Å². The van der Waals surface area contributed by atoms with Crippen LogP contribution in [0.25, 0.3) is 0 Å². The van der Waals surface area contributed by atoms with Crippen molar-refractivity contribution in [2.75, 3.05) is 13.1 Å². The Balaban J connectivity index is 2.08. The minimum absolute atomic E-state index is 0.404. The van der Waals surface area contributed by atoms with Crippen LogP contribution in [0, 0.1) is 5.41 Å². The topological polar surface area (TPSA) is 42.7 Å². The molecule has 1 saturated heterocycles. The summed E-state index contributed by atoms with van der Waals surface area (Å²) in [4.78, 5) is 4.21. The Morgan fingerprint density at radius 1 is 1.67 bits per heavy atom. The molecule has 1 aromatic heterocycles. The zero-order valence-corrected chi connectivity index (χ0v) is 7.54. The molecule has 0 unspecified atom stereocenters. The molecule has 1 aliphatic heterocycles. The molecule has 2 rings (SSSR count). The fraction of sp³-hybridized carbons (Fsp3) is 0.750. The molecule has 66 valence electrons. The minimum Gasteiger partial charge on any atom is -0.316 e. The van der Waals surface area contributed by atoms with E-state index in [2.05, 4.69) is 22.3 Å². The molecule has 2 heterocycles. The predicted octanol–water partition coefficient (Wildman–Crippen LogP) is -0.0329. The number of nitrogens with zero attached hydrogens (tertiary/aromatic N) is 3. The second-order valence-corrected chi connectivity index (χ2v) is 3.89. The zero-order valence-electron chi connectivity index (χ0n) is 7.54. The fourth-order valence-corrected chi connectivity index (χ4v) is 1.54. The van der Waals surface area contributed by atoms with Crippen molar-refractivity contribution in [3.05, 3.63) is 12.2 Å².